The average Bonchev–Trinajstić information content (AvgIpc) is 3.31. The molecule has 6 heteroatoms. The van der Waals surface area contributed by atoms with Gasteiger partial charge in [-0.1, -0.05) is 25.1 Å². The standard InChI is InChI=1S/C19H20N4OS/c1-2-16-21-17(15-9-11-25-18(15)22-16)20-14-8-10-23(12-14)19(24)13-6-4-3-5-7-13/h3-7,9,11,14H,2,8,10,12H2,1H3,(H,20,21,22). The molecule has 25 heavy (non-hydrogen) atoms. The summed E-state index contributed by atoms with van der Waals surface area (Å²) in [5.74, 6) is 1.84. The predicted molar refractivity (Wildman–Crippen MR) is 101 cm³/mol. The van der Waals surface area contributed by atoms with Gasteiger partial charge in [-0.3, -0.25) is 4.79 Å². The first-order valence-electron chi connectivity index (χ1n) is 8.59. The molecule has 0 bridgehead atoms. The maximum absolute atomic E-state index is 12.6. The second kappa shape index (κ2) is 6.80. The smallest absolute Gasteiger partial charge is 0.253 e. The second-order valence-corrected chi connectivity index (χ2v) is 7.12. The summed E-state index contributed by atoms with van der Waals surface area (Å²) >= 11 is 1.64. The number of nitrogens with zero attached hydrogens (tertiary/aromatic N) is 3. The van der Waals surface area contributed by atoms with Crippen LogP contribution in [0.25, 0.3) is 10.2 Å². The minimum Gasteiger partial charge on any atom is -0.365 e. The third kappa shape index (κ3) is 3.22. The van der Waals surface area contributed by atoms with Gasteiger partial charge in [-0.25, -0.2) is 9.97 Å². The number of hydrogen-bond acceptors (Lipinski definition) is 5. The van der Waals surface area contributed by atoms with Crippen molar-refractivity contribution in [2.75, 3.05) is 18.4 Å². The Bertz CT molecular complexity index is 893. The van der Waals surface area contributed by atoms with E-state index in [2.05, 4.69) is 28.3 Å². The zero-order valence-corrected chi connectivity index (χ0v) is 14.9. The molecule has 5 nitrogen and oxygen atoms in total. The molecule has 1 N–H and O–H groups in total. The molecular formula is C19H20N4OS. The van der Waals surface area contributed by atoms with Crippen molar-refractivity contribution in [2.45, 2.75) is 25.8 Å². The van der Waals surface area contributed by atoms with Gasteiger partial charge in [0.05, 0.1) is 5.39 Å². The summed E-state index contributed by atoms with van der Waals surface area (Å²) in [4.78, 5) is 24.8. The highest BCUT2D eigenvalue weighted by Crippen LogP contribution is 2.27. The fraction of sp³-hybridized carbons (Fsp3) is 0.316. The fourth-order valence-electron chi connectivity index (χ4n) is 3.19. The lowest BCUT2D eigenvalue weighted by Crippen LogP contribution is -2.31. The number of hydrogen-bond donors (Lipinski definition) is 1. The van der Waals surface area contributed by atoms with Crippen LogP contribution in [-0.4, -0.2) is 39.9 Å². The van der Waals surface area contributed by atoms with Gasteiger partial charge in [0.2, 0.25) is 0 Å². The lowest BCUT2D eigenvalue weighted by molar-refractivity contribution is 0.0791. The molecule has 0 spiro atoms. The third-order valence-corrected chi connectivity index (χ3v) is 5.33. The van der Waals surface area contributed by atoms with Gasteiger partial charge in [0.25, 0.3) is 5.91 Å². The van der Waals surface area contributed by atoms with Crippen molar-refractivity contribution in [3.63, 3.8) is 0 Å². The Morgan fingerprint density at radius 3 is 2.92 bits per heavy atom. The SMILES string of the molecule is CCc1nc(NC2CCN(C(=O)c3ccccc3)C2)c2ccsc2n1. The zero-order chi connectivity index (χ0) is 17.2. The van der Waals surface area contributed by atoms with Crippen molar-refractivity contribution in [2.24, 2.45) is 0 Å². The van der Waals surface area contributed by atoms with E-state index in [1.165, 1.54) is 0 Å². The number of nitrogens with one attached hydrogen (secondary N) is 1. The van der Waals surface area contributed by atoms with Crippen molar-refractivity contribution < 1.29 is 4.79 Å². The number of benzene rings is 1. The van der Waals surface area contributed by atoms with Crippen LogP contribution in [0.1, 0.15) is 29.5 Å². The minimum absolute atomic E-state index is 0.0996. The Morgan fingerprint density at radius 1 is 1.28 bits per heavy atom. The van der Waals surface area contributed by atoms with E-state index >= 15 is 0 Å². The van der Waals surface area contributed by atoms with Crippen LogP contribution >= 0.6 is 11.3 Å². The van der Waals surface area contributed by atoms with Gasteiger partial charge in [-0.2, -0.15) is 0 Å². The summed E-state index contributed by atoms with van der Waals surface area (Å²) in [5.41, 5.74) is 0.749. The molecule has 0 aliphatic carbocycles. The van der Waals surface area contributed by atoms with E-state index in [4.69, 9.17) is 0 Å². The fourth-order valence-corrected chi connectivity index (χ4v) is 3.97. The van der Waals surface area contributed by atoms with E-state index < -0.39 is 0 Å². The summed E-state index contributed by atoms with van der Waals surface area (Å²) in [6.07, 6.45) is 1.74. The van der Waals surface area contributed by atoms with E-state index in [1.807, 2.05) is 40.6 Å². The van der Waals surface area contributed by atoms with E-state index in [9.17, 15) is 4.79 Å². The zero-order valence-electron chi connectivity index (χ0n) is 14.1. The number of likely N-dealkylation sites (tertiary alicyclic amines) is 1. The van der Waals surface area contributed by atoms with Gasteiger partial charge in [0, 0.05) is 31.1 Å². The van der Waals surface area contributed by atoms with Gasteiger partial charge in [0.15, 0.2) is 0 Å². The number of thiophene rings is 1. The van der Waals surface area contributed by atoms with Crippen molar-refractivity contribution in [3.05, 3.63) is 53.2 Å². The lowest BCUT2D eigenvalue weighted by Gasteiger charge is -2.18. The van der Waals surface area contributed by atoms with Gasteiger partial charge in [0.1, 0.15) is 16.5 Å². The number of rotatable bonds is 4. The van der Waals surface area contributed by atoms with Crippen molar-refractivity contribution >= 4 is 33.3 Å². The summed E-state index contributed by atoms with van der Waals surface area (Å²) in [6, 6.07) is 11.8. The number of aryl methyl sites for hydroxylation is 1. The molecule has 1 saturated heterocycles. The van der Waals surface area contributed by atoms with Crippen LogP contribution in [-0.2, 0) is 6.42 Å². The first-order valence-corrected chi connectivity index (χ1v) is 9.47. The summed E-state index contributed by atoms with van der Waals surface area (Å²) in [6.45, 7) is 3.53. The maximum atomic E-state index is 12.6. The van der Waals surface area contributed by atoms with Crippen LogP contribution in [0.15, 0.2) is 41.8 Å². The molecule has 3 heterocycles. The minimum atomic E-state index is 0.0996. The van der Waals surface area contributed by atoms with Crippen molar-refractivity contribution in [3.8, 4) is 0 Å². The molecule has 2 aromatic heterocycles. The number of anilines is 1. The van der Waals surface area contributed by atoms with Crippen LogP contribution in [0.3, 0.4) is 0 Å². The highest BCUT2D eigenvalue weighted by Gasteiger charge is 2.27. The number of aromatic nitrogens is 2. The van der Waals surface area contributed by atoms with E-state index in [1.54, 1.807) is 11.3 Å². The normalized spacial score (nSPS) is 17.2. The van der Waals surface area contributed by atoms with Gasteiger partial charge in [-0.05, 0) is 30.0 Å². The Morgan fingerprint density at radius 2 is 2.12 bits per heavy atom. The molecule has 1 aromatic carbocycles. The molecule has 0 saturated carbocycles. The molecule has 1 amide bonds. The lowest BCUT2D eigenvalue weighted by atomic mass is 10.2. The van der Waals surface area contributed by atoms with Crippen LogP contribution in [0.5, 0.6) is 0 Å². The molecule has 3 aromatic rings. The first-order chi connectivity index (χ1) is 12.2. The highest BCUT2D eigenvalue weighted by atomic mass is 32.1. The van der Waals surface area contributed by atoms with Gasteiger partial charge in [-0.15, -0.1) is 11.3 Å². The third-order valence-electron chi connectivity index (χ3n) is 4.52. The van der Waals surface area contributed by atoms with Crippen LogP contribution in [0.2, 0.25) is 0 Å². The Labute approximate surface area is 150 Å². The number of carbonyl (C=O) groups is 1. The summed E-state index contributed by atoms with van der Waals surface area (Å²) in [5, 5.41) is 6.65. The van der Waals surface area contributed by atoms with Gasteiger partial charge < -0.3 is 10.2 Å². The largest absolute Gasteiger partial charge is 0.365 e. The first kappa shape index (κ1) is 16.0. The molecule has 1 aliphatic rings. The summed E-state index contributed by atoms with van der Waals surface area (Å²) < 4.78 is 0. The maximum Gasteiger partial charge on any atom is 0.253 e. The quantitative estimate of drug-likeness (QED) is 0.780. The van der Waals surface area contributed by atoms with Crippen LogP contribution < -0.4 is 5.32 Å². The average molecular weight is 352 g/mol. The highest BCUT2D eigenvalue weighted by molar-refractivity contribution is 7.16. The Hall–Kier alpha value is -2.47. The van der Waals surface area contributed by atoms with E-state index in [-0.39, 0.29) is 11.9 Å². The number of carbonyl (C=O) groups excluding carboxylic acids is 1. The van der Waals surface area contributed by atoms with Crippen LogP contribution in [0, 0.1) is 0 Å². The monoisotopic (exact) mass is 352 g/mol. The molecule has 128 valence electrons. The molecule has 1 fully saturated rings. The molecule has 4 rings (SSSR count). The molecule has 1 aliphatic heterocycles. The molecule has 1 unspecified atom stereocenters. The Kier molecular flexibility index (Phi) is 4.36. The van der Waals surface area contributed by atoms with Gasteiger partial charge >= 0.3 is 0 Å². The van der Waals surface area contributed by atoms with E-state index in [0.29, 0.717) is 6.54 Å². The van der Waals surface area contributed by atoms with E-state index in [0.717, 1.165) is 46.8 Å². The molecule has 0 radical (unpaired) electrons. The predicted octanol–water partition coefficient (Wildman–Crippen LogP) is 3.58. The van der Waals surface area contributed by atoms with Crippen molar-refractivity contribution in [1.82, 2.24) is 14.9 Å². The number of amides is 1. The second-order valence-electron chi connectivity index (χ2n) is 6.23. The molecular weight excluding hydrogens is 332 g/mol. The number of fused-ring (bicyclic) bond motifs is 1. The Balaban J connectivity index is 1.50. The topological polar surface area (TPSA) is 58.1 Å². The van der Waals surface area contributed by atoms with Crippen molar-refractivity contribution in [1.29, 1.82) is 0 Å². The molecule has 1 atom stereocenters. The summed E-state index contributed by atoms with van der Waals surface area (Å²) in [7, 11) is 0. The van der Waals surface area contributed by atoms with Crippen LogP contribution in [0.4, 0.5) is 5.82 Å².